The Morgan fingerprint density at radius 3 is 2.03 bits per heavy atom. The number of carboxylic acids is 1. The maximum absolute atomic E-state index is 11.5. The Kier molecular flexibility index (Phi) is 14.7. The molecule has 0 radical (unpaired) electrons. The average Bonchev–Trinajstić information content (AvgIpc) is 2.66. The van der Waals surface area contributed by atoms with Gasteiger partial charge in [0.2, 0.25) is 0 Å². The minimum Gasteiger partial charge on any atom is -0.478 e. The van der Waals surface area contributed by atoms with Crippen LogP contribution in [0.15, 0.2) is 47.1 Å². The molecule has 0 rings (SSSR count). The number of esters is 2. The number of rotatable bonds is 15. The van der Waals surface area contributed by atoms with Gasteiger partial charge in [-0.05, 0) is 63.0 Å². The summed E-state index contributed by atoms with van der Waals surface area (Å²) in [6.45, 7) is 13.3. The van der Waals surface area contributed by atoms with Crippen molar-refractivity contribution in [2.45, 2.75) is 73.1 Å². The molecule has 0 spiro atoms. The van der Waals surface area contributed by atoms with E-state index in [2.05, 4.69) is 6.58 Å². The van der Waals surface area contributed by atoms with Crippen molar-refractivity contribution in [3.63, 3.8) is 0 Å². The number of allylic oxidation sites excluding steroid dienone is 4. The summed E-state index contributed by atoms with van der Waals surface area (Å²) >= 11 is 0. The van der Waals surface area contributed by atoms with Crippen molar-refractivity contribution in [1.29, 1.82) is 0 Å². The molecule has 31 heavy (non-hydrogen) atoms. The third-order valence-corrected chi connectivity index (χ3v) is 4.81. The third kappa shape index (κ3) is 15.8. The summed E-state index contributed by atoms with van der Waals surface area (Å²) in [7, 11) is 0. The molecule has 1 N–H and O–H groups in total. The van der Waals surface area contributed by atoms with Crippen LogP contribution in [-0.2, 0) is 23.9 Å². The van der Waals surface area contributed by atoms with Crippen LogP contribution in [0.2, 0.25) is 0 Å². The van der Waals surface area contributed by atoms with E-state index in [1.54, 1.807) is 6.08 Å². The summed E-state index contributed by atoms with van der Waals surface area (Å²) < 4.78 is 10.0. The number of aliphatic carboxylic acids is 1. The van der Waals surface area contributed by atoms with E-state index in [1.165, 1.54) is 13.8 Å². The number of carbonyl (C=O) groups is 3. The first-order valence-electron chi connectivity index (χ1n) is 10.7. The minimum absolute atomic E-state index is 0.200. The van der Waals surface area contributed by atoms with Gasteiger partial charge in [-0.3, -0.25) is 9.59 Å². The summed E-state index contributed by atoms with van der Waals surface area (Å²) in [5.41, 5.74) is 3.48. The van der Waals surface area contributed by atoms with Gasteiger partial charge in [0.15, 0.2) is 0 Å². The van der Waals surface area contributed by atoms with E-state index in [4.69, 9.17) is 9.47 Å². The van der Waals surface area contributed by atoms with Crippen molar-refractivity contribution < 1.29 is 29.0 Å². The Morgan fingerprint density at radius 2 is 1.48 bits per heavy atom. The first-order chi connectivity index (χ1) is 14.5. The van der Waals surface area contributed by atoms with Crippen LogP contribution in [0.3, 0.4) is 0 Å². The number of carboxylic acid groups (broad SMARTS) is 1. The van der Waals surface area contributed by atoms with Crippen LogP contribution < -0.4 is 0 Å². The fourth-order valence-corrected chi connectivity index (χ4v) is 2.65. The van der Waals surface area contributed by atoms with Crippen molar-refractivity contribution in [2.24, 2.45) is 5.92 Å². The van der Waals surface area contributed by atoms with Gasteiger partial charge >= 0.3 is 17.9 Å². The highest BCUT2D eigenvalue weighted by atomic mass is 16.5. The molecular formula is C25H38O6. The first kappa shape index (κ1) is 28.4. The molecule has 0 aromatic carbocycles. The Labute approximate surface area is 186 Å². The Bertz CT molecular complexity index is 710. The Hall–Kier alpha value is -2.63. The topological polar surface area (TPSA) is 89.9 Å². The van der Waals surface area contributed by atoms with E-state index in [0.717, 1.165) is 29.6 Å². The molecule has 0 unspecified atom stereocenters. The Balaban J connectivity index is 4.88. The molecule has 0 aliphatic rings. The molecule has 0 aromatic rings. The number of carbonyl (C=O) groups excluding carboxylic acids is 2. The van der Waals surface area contributed by atoms with Crippen molar-refractivity contribution in [2.75, 3.05) is 13.2 Å². The maximum atomic E-state index is 11.5. The summed E-state index contributed by atoms with van der Waals surface area (Å²) in [5.74, 6) is -1.23. The van der Waals surface area contributed by atoms with Crippen LogP contribution in [0.4, 0.5) is 0 Å². The minimum atomic E-state index is -0.907. The summed E-state index contributed by atoms with van der Waals surface area (Å²) in [4.78, 5) is 33.5. The van der Waals surface area contributed by atoms with Crippen molar-refractivity contribution in [3.8, 4) is 0 Å². The largest absolute Gasteiger partial charge is 0.478 e. The number of ether oxygens (including phenoxy) is 2. The lowest BCUT2D eigenvalue weighted by molar-refractivity contribution is -0.140. The second-order valence-electron chi connectivity index (χ2n) is 7.92. The zero-order valence-corrected chi connectivity index (χ0v) is 19.7. The predicted molar refractivity (Wildman–Crippen MR) is 123 cm³/mol. The zero-order valence-electron chi connectivity index (χ0n) is 19.7. The van der Waals surface area contributed by atoms with E-state index in [9.17, 15) is 19.5 Å². The molecule has 174 valence electrons. The van der Waals surface area contributed by atoms with E-state index in [1.807, 2.05) is 32.9 Å². The van der Waals surface area contributed by atoms with Crippen LogP contribution in [0.5, 0.6) is 0 Å². The molecule has 0 aliphatic heterocycles. The van der Waals surface area contributed by atoms with E-state index in [-0.39, 0.29) is 25.2 Å². The number of hydrogen-bond donors (Lipinski definition) is 1. The fourth-order valence-electron chi connectivity index (χ4n) is 2.65. The predicted octanol–water partition coefficient (Wildman–Crippen LogP) is 5.55. The fraction of sp³-hybridized carbons (Fsp3) is 0.560. The van der Waals surface area contributed by atoms with Crippen molar-refractivity contribution in [3.05, 3.63) is 47.1 Å². The van der Waals surface area contributed by atoms with Gasteiger partial charge in [0.25, 0.3) is 0 Å². The molecule has 0 heterocycles. The molecule has 0 fully saturated rings. The van der Waals surface area contributed by atoms with Gasteiger partial charge in [0, 0.05) is 19.4 Å². The lowest BCUT2D eigenvalue weighted by Crippen LogP contribution is -2.05. The lowest BCUT2D eigenvalue weighted by Gasteiger charge is -2.10. The van der Waals surface area contributed by atoms with Gasteiger partial charge in [-0.1, -0.05) is 43.7 Å². The van der Waals surface area contributed by atoms with E-state index >= 15 is 0 Å². The zero-order chi connectivity index (χ0) is 23.8. The smallest absolute Gasteiger partial charge is 0.331 e. The molecule has 0 saturated carbocycles. The van der Waals surface area contributed by atoms with Gasteiger partial charge in [-0.15, -0.1) is 0 Å². The van der Waals surface area contributed by atoms with Gasteiger partial charge < -0.3 is 14.6 Å². The van der Waals surface area contributed by atoms with Crippen LogP contribution in [-0.4, -0.2) is 36.2 Å². The quantitative estimate of drug-likeness (QED) is 0.206. The highest BCUT2D eigenvalue weighted by molar-refractivity contribution is 5.86. The molecule has 0 saturated heterocycles. The normalized spacial score (nSPS) is 12.6. The van der Waals surface area contributed by atoms with Gasteiger partial charge in [-0.2, -0.15) is 0 Å². The molecule has 6 heteroatoms. The maximum Gasteiger partial charge on any atom is 0.331 e. The molecule has 0 aliphatic carbocycles. The molecule has 0 atom stereocenters. The molecular weight excluding hydrogens is 396 g/mol. The summed E-state index contributed by atoms with van der Waals surface area (Å²) in [6.07, 6.45) is 9.49. The average molecular weight is 435 g/mol. The molecule has 6 nitrogen and oxygen atoms in total. The van der Waals surface area contributed by atoms with Crippen LogP contribution in [0, 0.1) is 5.92 Å². The van der Waals surface area contributed by atoms with Crippen molar-refractivity contribution in [1.82, 2.24) is 0 Å². The monoisotopic (exact) mass is 434 g/mol. The van der Waals surface area contributed by atoms with Gasteiger partial charge in [0.05, 0.1) is 0 Å². The molecule has 0 aromatic heterocycles. The number of hydrogen-bond acceptors (Lipinski definition) is 5. The Morgan fingerprint density at radius 1 is 0.871 bits per heavy atom. The first-order valence-corrected chi connectivity index (χ1v) is 10.7. The highest BCUT2D eigenvalue weighted by Gasteiger charge is 2.10. The molecule has 0 amide bonds. The second kappa shape index (κ2) is 16.1. The third-order valence-electron chi connectivity index (χ3n) is 4.81. The SMILES string of the molecule is C=C(CC/C(=C/CC/C(=C/CC/C(C)=C\COC(C)=O)COC(C)=O)C(=O)O)C(C)C. The standard InChI is InChI=1S/C25H38O6/c1-18(2)20(4)13-14-24(25(28)29)12-8-11-23(17-31-22(6)27)10-7-9-19(3)15-16-30-21(5)26/h10,12,15,18H,4,7-9,11,13-14,16-17H2,1-3,5-6H3,(H,28,29)/b19-15-,23-10-,24-12-. The highest BCUT2D eigenvalue weighted by Crippen LogP contribution is 2.19. The van der Waals surface area contributed by atoms with Gasteiger partial charge in [-0.25, -0.2) is 4.79 Å². The second-order valence-corrected chi connectivity index (χ2v) is 7.92. The summed E-state index contributed by atoms with van der Waals surface area (Å²) in [5, 5.41) is 9.45. The van der Waals surface area contributed by atoms with Gasteiger partial charge in [0.1, 0.15) is 13.2 Å². The molecule has 0 bridgehead atoms. The summed E-state index contributed by atoms with van der Waals surface area (Å²) in [6, 6.07) is 0. The van der Waals surface area contributed by atoms with Crippen LogP contribution >= 0.6 is 0 Å². The van der Waals surface area contributed by atoms with Crippen molar-refractivity contribution >= 4 is 17.9 Å². The van der Waals surface area contributed by atoms with Crippen LogP contribution in [0.1, 0.15) is 73.1 Å². The van der Waals surface area contributed by atoms with E-state index < -0.39 is 5.97 Å². The van der Waals surface area contributed by atoms with Crippen LogP contribution in [0.25, 0.3) is 0 Å². The van der Waals surface area contributed by atoms with E-state index in [0.29, 0.717) is 37.2 Å². The lowest BCUT2D eigenvalue weighted by atomic mass is 9.96.